The molecule has 3 aliphatic rings. The van der Waals surface area contributed by atoms with E-state index in [0.29, 0.717) is 57.4 Å². The van der Waals surface area contributed by atoms with Crippen LogP contribution >= 0.6 is 0 Å². The van der Waals surface area contributed by atoms with Gasteiger partial charge < -0.3 is 54.1 Å². The van der Waals surface area contributed by atoms with Gasteiger partial charge >= 0.3 is 12.2 Å². The van der Waals surface area contributed by atoms with E-state index in [9.17, 15) is 19.2 Å². The zero-order chi connectivity index (χ0) is 45.4. The third-order valence-corrected chi connectivity index (χ3v) is 12.8. The zero-order valence-corrected chi connectivity index (χ0v) is 37.7. The summed E-state index contributed by atoms with van der Waals surface area (Å²) in [4.78, 5) is 73.0. The maximum absolute atomic E-state index is 14.1. The fraction of sp³-hybridized carbons (Fsp3) is 0.489. The monoisotopic (exact) mass is 878 g/mol. The van der Waals surface area contributed by atoms with E-state index in [1.165, 1.54) is 14.2 Å². The number of amides is 4. The molecule has 3 aromatic carbocycles. The van der Waals surface area contributed by atoms with Crippen LogP contribution in [-0.4, -0.2) is 121 Å². The summed E-state index contributed by atoms with van der Waals surface area (Å²) < 4.78 is 27.1. The summed E-state index contributed by atoms with van der Waals surface area (Å²) in [5, 5.41) is 7.40. The predicted molar refractivity (Wildman–Crippen MR) is 238 cm³/mol. The van der Waals surface area contributed by atoms with Crippen LogP contribution in [0.4, 0.5) is 9.59 Å². The SMILES string of the molecule is COC[C@H]1C[C@@H](c2ncc(-c3ccc4c(c3)COc3cc5c(ccc6nc([C@@H]7C[C@H](COC)CN7C(=O)[C@@H](NC(=O)OC)C(C)C)[nH]c65)cc3-4)[nH]2)N(C(=O)C(NC(=O)OC)C(C)C)C1. The minimum Gasteiger partial charge on any atom is -0.488 e. The van der Waals surface area contributed by atoms with Gasteiger partial charge in [0, 0.05) is 50.1 Å². The van der Waals surface area contributed by atoms with Crippen LogP contribution in [0.15, 0.2) is 48.7 Å². The Morgan fingerprint density at radius 2 is 1.38 bits per heavy atom. The van der Waals surface area contributed by atoms with Crippen LogP contribution in [0.5, 0.6) is 5.75 Å². The number of ether oxygens (including phenoxy) is 5. The van der Waals surface area contributed by atoms with Crippen molar-refractivity contribution >= 4 is 45.8 Å². The quantitative estimate of drug-likeness (QED) is 0.101. The molecule has 8 rings (SSSR count). The van der Waals surface area contributed by atoms with Gasteiger partial charge in [0.25, 0.3) is 0 Å². The number of benzene rings is 3. The molecule has 4 amide bonds. The second-order valence-electron chi connectivity index (χ2n) is 17.8. The third kappa shape index (κ3) is 8.57. The number of likely N-dealkylation sites (tertiary alicyclic amines) is 2. The first kappa shape index (κ1) is 44.4. The lowest BCUT2D eigenvalue weighted by Gasteiger charge is -2.30. The first-order valence-corrected chi connectivity index (χ1v) is 21.9. The number of alkyl carbamates (subject to hydrolysis) is 2. The van der Waals surface area contributed by atoms with Gasteiger partial charge in [-0.2, -0.15) is 0 Å². The summed E-state index contributed by atoms with van der Waals surface area (Å²) in [6, 6.07) is 12.3. The normalized spacial score (nSPS) is 20.3. The summed E-state index contributed by atoms with van der Waals surface area (Å²) in [5.74, 6) is 1.57. The number of H-pyrrole nitrogens is 2. The summed E-state index contributed by atoms with van der Waals surface area (Å²) in [7, 11) is 5.88. The number of nitrogens with zero attached hydrogens (tertiary/aromatic N) is 4. The number of aromatic amines is 2. The van der Waals surface area contributed by atoms with Crippen molar-refractivity contribution < 1.29 is 42.9 Å². The molecule has 1 unspecified atom stereocenters. The molecule has 0 radical (unpaired) electrons. The molecule has 5 aromatic rings. The van der Waals surface area contributed by atoms with E-state index in [1.807, 2.05) is 38.7 Å². The molecular weight excluding hydrogens is 821 g/mol. The molecule has 64 heavy (non-hydrogen) atoms. The summed E-state index contributed by atoms with van der Waals surface area (Å²) in [6.45, 7) is 9.86. The largest absolute Gasteiger partial charge is 0.488 e. The smallest absolute Gasteiger partial charge is 0.407 e. The Bertz CT molecular complexity index is 2550. The Kier molecular flexibility index (Phi) is 12.8. The molecule has 0 aliphatic carbocycles. The molecule has 2 fully saturated rings. The van der Waals surface area contributed by atoms with Gasteiger partial charge in [-0.3, -0.25) is 9.59 Å². The average molecular weight is 879 g/mol. The van der Waals surface area contributed by atoms with E-state index in [0.717, 1.165) is 55.5 Å². The number of fused-ring (bicyclic) bond motifs is 6. The highest BCUT2D eigenvalue weighted by atomic mass is 16.5. The van der Waals surface area contributed by atoms with Gasteiger partial charge in [0.1, 0.15) is 36.1 Å². The van der Waals surface area contributed by atoms with Crippen molar-refractivity contribution in [1.82, 2.24) is 40.4 Å². The van der Waals surface area contributed by atoms with Crippen molar-refractivity contribution in [3.05, 3.63) is 65.9 Å². The van der Waals surface area contributed by atoms with Gasteiger partial charge in [-0.15, -0.1) is 0 Å². The first-order chi connectivity index (χ1) is 30.8. The lowest BCUT2D eigenvalue weighted by Crippen LogP contribution is -2.51. The second kappa shape index (κ2) is 18.5. The first-order valence-electron chi connectivity index (χ1n) is 21.9. The number of carbonyl (C=O) groups is 4. The minimum absolute atomic E-state index is 0.0918. The Morgan fingerprint density at radius 1 is 0.766 bits per heavy atom. The van der Waals surface area contributed by atoms with Crippen LogP contribution in [0, 0.1) is 23.7 Å². The van der Waals surface area contributed by atoms with Gasteiger partial charge in [0.05, 0.1) is 62.4 Å². The summed E-state index contributed by atoms with van der Waals surface area (Å²) in [5.41, 5.74) is 6.43. The molecule has 17 nitrogen and oxygen atoms in total. The Labute approximate surface area is 371 Å². The van der Waals surface area contributed by atoms with Crippen LogP contribution in [-0.2, 0) is 35.1 Å². The van der Waals surface area contributed by atoms with Gasteiger partial charge in [-0.05, 0) is 71.0 Å². The number of carbonyl (C=O) groups excluding carboxylic acids is 4. The molecule has 3 aliphatic heterocycles. The van der Waals surface area contributed by atoms with Gasteiger partial charge in [-0.1, -0.05) is 45.9 Å². The molecule has 0 saturated carbocycles. The fourth-order valence-electron chi connectivity index (χ4n) is 9.61. The van der Waals surface area contributed by atoms with Crippen molar-refractivity contribution in [3.63, 3.8) is 0 Å². The van der Waals surface area contributed by atoms with Crippen molar-refractivity contribution in [1.29, 1.82) is 0 Å². The van der Waals surface area contributed by atoms with Crippen molar-refractivity contribution in [2.45, 2.75) is 71.3 Å². The lowest BCUT2D eigenvalue weighted by atomic mass is 9.92. The summed E-state index contributed by atoms with van der Waals surface area (Å²) in [6.07, 6.45) is 1.80. The van der Waals surface area contributed by atoms with E-state index in [2.05, 4.69) is 57.0 Å². The standard InChI is InChI=1S/C47H58N8O9/c1-24(2)39(52-46(58)62-7)44(56)54-19-26(21-60-5)13-36(54)42-48-18-35(50-42)29-9-11-31-30(15-29)23-64-38-17-32-28(16-33(31)38)10-12-34-41(32)51-43(49-34)37-14-27(22-61-6)20-55(37)45(57)40(25(3)4)53-47(59)63-8/h9-12,15-18,24-27,36-37,39-40H,13-14,19-23H2,1-8H3,(H,48,50)(H,49,51)(H,52,58)(H,53,59)/t26-,27-,36-,37-,39?,40-/m0/s1. The van der Waals surface area contributed by atoms with E-state index < -0.39 is 24.3 Å². The summed E-state index contributed by atoms with van der Waals surface area (Å²) >= 11 is 0. The molecule has 17 heteroatoms. The number of rotatable bonds is 13. The van der Waals surface area contributed by atoms with Crippen molar-refractivity contribution in [2.75, 3.05) is 54.7 Å². The number of hydrogen-bond acceptors (Lipinski definition) is 11. The van der Waals surface area contributed by atoms with Crippen LogP contribution in [0.1, 0.15) is 69.8 Å². The van der Waals surface area contributed by atoms with Gasteiger partial charge in [-0.25, -0.2) is 19.6 Å². The Morgan fingerprint density at radius 3 is 1.95 bits per heavy atom. The zero-order valence-electron chi connectivity index (χ0n) is 37.7. The minimum atomic E-state index is -0.766. The fourth-order valence-corrected chi connectivity index (χ4v) is 9.61. The highest BCUT2D eigenvalue weighted by Crippen LogP contribution is 2.44. The van der Waals surface area contributed by atoms with Crippen molar-refractivity contribution in [3.8, 4) is 28.1 Å². The molecule has 6 atom stereocenters. The molecule has 0 bridgehead atoms. The molecule has 4 N–H and O–H groups in total. The number of imidazole rings is 2. The average Bonchev–Trinajstić information content (AvgIpc) is 4.12. The number of nitrogens with one attached hydrogen (secondary N) is 4. The lowest BCUT2D eigenvalue weighted by molar-refractivity contribution is -0.136. The predicted octanol–water partition coefficient (Wildman–Crippen LogP) is 6.50. The van der Waals surface area contributed by atoms with E-state index in [-0.39, 0.29) is 47.6 Å². The Hall–Kier alpha value is -6.20. The third-order valence-electron chi connectivity index (χ3n) is 12.8. The maximum Gasteiger partial charge on any atom is 0.407 e. The highest BCUT2D eigenvalue weighted by molar-refractivity contribution is 6.07. The molecule has 2 saturated heterocycles. The number of aromatic nitrogens is 4. The molecule has 5 heterocycles. The second-order valence-corrected chi connectivity index (χ2v) is 17.8. The Balaban J connectivity index is 1.06. The van der Waals surface area contributed by atoms with Crippen LogP contribution in [0.2, 0.25) is 0 Å². The maximum atomic E-state index is 14.1. The number of hydrogen-bond donors (Lipinski definition) is 4. The van der Waals surface area contributed by atoms with Crippen LogP contribution < -0.4 is 15.4 Å². The molecule has 0 spiro atoms. The van der Waals surface area contributed by atoms with E-state index in [1.54, 1.807) is 25.3 Å². The van der Waals surface area contributed by atoms with E-state index >= 15 is 0 Å². The van der Waals surface area contributed by atoms with Crippen LogP contribution in [0.3, 0.4) is 0 Å². The highest BCUT2D eigenvalue weighted by Gasteiger charge is 2.43. The molecule has 340 valence electrons. The van der Waals surface area contributed by atoms with Crippen molar-refractivity contribution in [2.24, 2.45) is 23.7 Å². The topological polar surface area (TPSA) is 202 Å². The van der Waals surface area contributed by atoms with Gasteiger partial charge in [0.15, 0.2) is 0 Å². The van der Waals surface area contributed by atoms with E-state index in [4.69, 9.17) is 33.7 Å². The molecular formula is C47H58N8O9. The van der Waals surface area contributed by atoms with Crippen LogP contribution in [0.25, 0.3) is 44.2 Å². The number of methoxy groups -OCH3 is 4. The molecule has 2 aromatic heterocycles. The van der Waals surface area contributed by atoms with Gasteiger partial charge in [0.2, 0.25) is 11.8 Å².